The lowest BCUT2D eigenvalue weighted by Gasteiger charge is -2.34. The molecule has 0 bridgehead atoms. The zero-order valence-electron chi connectivity index (χ0n) is 19.4. The van der Waals surface area contributed by atoms with E-state index in [0.717, 1.165) is 28.2 Å². The predicted octanol–water partition coefficient (Wildman–Crippen LogP) is 4.72. The van der Waals surface area contributed by atoms with Gasteiger partial charge < -0.3 is 9.80 Å². The Hall–Kier alpha value is -2.20. The monoisotopic (exact) mass is 520 g/mol. The van der Waals surface area contributed by atoms with E-state index in [1.54, 1.807) is 40.5 Å². The minimum absolute atomic E-state index is 0.0880. The minimum atomic E-state index is -3.56. The van der Waals surface area contributed by atoms with E-state index < -0.39 is 10.0 Å². The summed E-state index contributed by atoms with van der Waals surface area (Å²) < 4.78 is 28.5. The molecule has 0 atom stereocenters. The van der Waals surface area contributed by atoms with Gasteiger partial charge in [0.1, 0.15) is 5.52 Å². The van der Waals surface area contributed by atoms with Crippen molar-refractivity contribution < 1.29 is 13.2 Å². The van der Waals surface area contributed by atoms with Crippen LogP contribution in [-0.2, 0) is 10.0 Å². The molecular formula is C24H29ClN4O3S2. The van der Waals surface area contributed by atoms with Crippen LogP contribution in [0.4, 0.5) is 5.13 Å². The van der Waals surface area contributed by atoms with Crippen LogP contribution in [0.15, 0.2) is 47.4 Å². The Balaban J connectivity index is 1.41. The van der Waals surface area contributed by atoms with E-state index in [0.29, 0.717) is 49.9 Å². The number of halogens is 1. The van der Waals surface area contributed by atoms with E-state index in [2.05, 4.69) is 9.88 Å². The van der Waals surface area contributed by atoms with E-state index in [9.17, 15) is 13.2 Å². The van der Waals surface area contributed by atoms with Crippen LogP contribution in [0.2, 0.25) is 5.02 Å². The lowest BCUT2D eigenvalue weighted by atomic mass is 10.2. The fourth-order valence-corrected chi connectivity index (χ4v) is 7.03. The molecule has 34 heavy (non-hydrogen) atoms. The third kappa shape index (κ3) is 5.07. The van der Waals surface area contributed by atoms with Crippen molar-refractivity contribution in [1.82, 2.24) is 14.2 Å². The third-order valence-corrected chi connectivity index (χ3v) is 9.18. The molecule has 0 radical (unpaired) electrons. The second kappa shape index (κ2) is 10.6. The molecule has 0 aliphatic carbocycles. The van der Waals surface area contributed by atoms with Crippen LogP contribution in [0.5, 0.6) is 0 Å². The zero-order chi connectivity index (χ0) is 24.3. The Morgan fingerprint density at radius 1 is 1.03 bits per heavy atom. The van der Waals surface area contributed by atoms with E-state index in [1.807, 2.05) is 32.0 Å². The van der Waals surface area contributed by atoms with Crippen molar-refractivity contribution in [2.24, 2.45) is 0 Å². The van der Waals surface area contributed by atoms with E-state index in [1.165, 1.54) is 4.31 Å². The van der Waals surface area contributed by atoms with Crippen molar-refractivity contribution in [2.45, 2.75) is 31.6 Å². The first kappa shape index (κ1) is 24.9. The summed E-state index contributed by atoms with van der Waals surface area (Å²) in [7, 11) is -3.56. The number of anilines is 1. The molecule has 1 saturated heterocycles. The Bertz CT molecular complexity index is 1250. The molecule has 0 unspecified atom stereocenters. The molecule has 7 nitrogen and oxygen atoms in total. The highest BCUT2D eigenvalue weighted by molar-refractivity contribution is 7.89. The van der Waals surface area contributed by atoms with Crippen molar-refractivity contribution in [3.63, 3.8) is 0 Å². The highest BCUT2D eigenvalue weighted by atomic mass is 35.5. The zero-order valence-corrected chi connectivity index (χ0v) is 21.8. The molecule has 1 aliphatic rings. The molecule has 2 aromatic carbocycles. The maximum absolute atomic E-state index is 13.0. The topological polar surface area (TPSA) is 73.8 Å². The van der Waals surface area contributed by atoms with Crippen LogP contribution < -0.4 is 4.90 Å². The van der Waals surface area contributed by atoms with Crippen LogP contribution in [0.25, 0.3) is 10.2 Å². The van der Waals surface area contributed by atoms with Crippen molar-refractivity contribution in [3.05, 3.63) is 53.1 Å². The molecule has 10 heteroatoms. The fourth-order valence-electron chi connectivity index (χ4n) is 4.09. The molecular weight excluding hydrogens is 492 g/mol. The number of piperazine rings is 1. The van der Waals surface area contributed by atoms with Gasteiger partial charge in [-0.05, 0) is 49.2 Å². The van der Waals surface area contributed by atoms with Crippen LogP contribution in [0.1, 0.15) is 37.0 Å². The highest BCUT2D eigenvalue weighted by Crippen LogP contribution is 2.33. The molecule has 182 valence electrons. The Morgan fingerprint density at radius 2 is 1.68 bits per heavy atom. The largest absolute Gasteiger partial charge is 0.345 e. The Labute approximate surface area is 210 Å². The van der Waals surface area contributed by atoms with Crippen molar-refractivity contribution >= 4 is 54.2 Å². The maximum atomic E-state index is 13.0. The number of benzene rings is 2. The quantitative estimate of drug-likeness (QED) is 0.429. The number of carbonyl (C=O) groups excluding carboxylic acids is 1. The SMILES string of the molecule is CCCN(CCC)S(=O)(=O)c1ccc(C(=O)N2CCN(c3nc4c(Cl)cccc4s3)CC2)cc1. The molecule has 3 aromatic rings. The number of sulfonamides is 1. The van der Waals surface area contributed by atoms with Crippen LogP contribution in [-0.4, -0.2) is 67.8 Å². The number of para-hydroxylation sites is 1. The summed E-state index contributed by atoms with van der Waals surface area (Å²) in [5.74, 6) is -0.0880. The maximum Gasteiger partial charge on any atom is 0.253 e. The summed E-state index contributed by atoms with van der Waals surface area (Å²) in [6.07, 6.45) is 1.51. The molecule has 0 spiro atoms. The van der Waals surface area contributed by atoms with Gasteiger partial charge in [-0.3, -0.25) is 4.79 Å². The second-order valence-corrected chi connectivity index (χ2v) is 11.6. The molecule has 1 aliphatic heterocycles. The van der Waals surface area contributed by atoms with Gasteiger partial charge in [0.25, 0.3) is 5.91 Å². The summed E-state index contributed by atoms with van der Waals surface area (Å²) in [5.41, 5.74) is 1.31. The molecule has 4 rings (SSSR count). The van der Waals surface area contributed by atoms with Gasteiger partial charge in [-0.25, -0.2) is 13.4 Å². The average molecular weight is 521 g/mol. The number of rotatable bonds is 8. The average Bonchev–Trinajstić information content (AvgIpc) is 3.29. The highest BCUT2D eigenvalue weighted by Gasteiger charge is 2.26. The first-order valence-electron chi connectivity index (χ1n) is 11.5. The van der Waals surface area contributed by atoms with Gasteiger partial charge in [-0.2, -0.15) is 4.31 Å². The first-order chi connectivity index (χ1) is 16.3. The molecule has 1 amide bonds. The van der Waals surface area contributed by atoms with Crippen molar-refractivity contribution in [2.75, 3.05) is 44.2 Å². The summed E-state index contributed by atoms with van der Waals surface area (Å²) in [5, 5.41) is 1.56. The van der Waals surface area contributed by atoms with Crippen LogP contribution >= 0.6 is 22.9 Å². The fraction of sp³-hybridized carbons (Fsp3) is 0.417. The molecule has 2 heterocycles. The summed E-state index contributed by atoms with van der Waals surface area (Å²) >= 11 is 7.87. The van der Waals surface area contributed by atoms with E-state index in [4.69, 9.17) is 11.6 Å². The lowest BCUT2D eigenvalue weighted by Crippen LogP contribution is -2.48. The van der Waals surface area contributed by atoms with Crippen LogP contribution in [0.3, 0.4) is 0 Å². The van der Waals surface area contributed by atoms with E-state index in [-0.39, 0.29) is 10.8 Å². The molecule has 0 N–H and O–H groups in total. The number of hydrogen-bond acceptors (Lipinski definition) is 6. The Morgan fingerprint density at radius 3 is 2.26 bits per heavy atom. The molecule has 0 saturated carbocycles. The van der Waals surface area contributed by atoms with Gasteiger partial charge in [0, 0.05) is 44.8 Å². The second-order valence-electron chi connectivity index (χ2n) is 8.29. The number of hydrogen-bond donors (Lipinski definition) is 0. The number of amides is 1. The molecule has 1 fully saturated rings. The van der Waals surface area contributed by atoms with E-state index >= 15 is 0 Å². The smallest absolute Gasteiger partial charge is 0.253 e. The number of aromatic nitrogens is 1. The van der Waals surface area contributed by atoms with Gasteiger partial charge >= 0.3 is 0 Å². The predicted molar refractivity (Wildman–Crippen MR) is 139 cm³/mol. The first-order valence-corrected chi connectivity index (χ1v) is 14.2. The van der Waals surface area contributed by atoms with Gasteiger partial charge in [0.2, 0.25) is 10.0 Å². The molecule has 1 aromatic heterocycles. The summed E-state index contributed by atoms with van der Waals surface area (Å²) in [6.45, 7) is 7.41. The minimum Gasteiger partial charge on any atom is -0.345 e. The lowest BCUT2D eigenvalue weighted by molar-refractivity contribution is 0.0746. The normalized spacial score (nSPS) is 14.8. The van der Waals surface area contributed by atoms with Crippen molar-refractivity contribution in [3.8, 4) is 0 Å². The Kier molecular flexibility index (Phi) is 7.77. The third-order valence-electron chi connectivity index (χ3n) is 5.88. The van der Waals surface area contributed by atoms with Gasteiger partial charge in [-0.15, -0.1) is 0 Å². The number of thiazole rings is 1. The van der Waals surface area contributed by atoms with Gasteiger partial charge in [0.15, 0.2) is 5.13 Å². The standard InChI is InChI=1S/C24H29ClN4O3S2/c1-3-12-29(13-4-2)34(31,32)19-10-8-18(9-11-19)23(30)27-14-16-28(17-15-27)24-26-22-20(25)6-5-7-21(22)33-24/h5-11H,3-4,12-17H2,1-2H3. The van der Waals surface area contributed by atoms with Gasteiger partial charge in [-0.1, -0.05) is 42.9 Å². The van der Waals surface area contributed by atoms with Crippen LogP contribution in [0, 0.1) is 0 Å². The van der Waals surface area contributed by atoms with Crippen molar-refractivity contribution in [1.29, 1.82) is 0 Å². The number of carbonyl (C=O) groups is 1. The number of fused-ring (bicyclic) bond motifs is 1. The number of nitrogens with zero attached hydrogens (tertiary/aromatic N) is 4. The summed E-state index contributed by atoms with van der Waals surface area (Å²) in [4.78, 5) is 21.9. The summed E-state index contributed by atoms with van der Waals surface area (Å²) in [6, 6.07) is 12.1. The van der Waals surface area contributed by atoms with Gasteiger partial charge in [0.05, 0.1) is 14.6 Å².